The zero-order valence-corrected chi connectivity index (χ0v) is 9.93. The van der Waals surface area contributed by atoms with Gasteiger partial charge in [-0.1, -0.05) is 25.5 Å². The van der Waals surface area contributed by atoms with E-state index in [-0.39, 0.29) is 10.9 Å². The number of carbonyl (C=O) groups excluding carboxylic acids is 1. The minimum atomic E-state index is -0.512. The highest BCUT2D eigenvalue weighted by Gasteiger charge is 2.11. The second-order valence-corrected chi connectivity index (χ2v) is 4.19. The van der Waals surface area contributed by atoms with E-state index >= 15 is 0 Å². The van der Waals surface area contributed by atoms with Crippen LogP contribution in [0.5, 0.6) is 0 Å². The minimum absolute atomic E-state index is 0.0582. The zero-order valence-electron chi connectivity index (χ0n) is 9.17. The van der Waals surface area contributed by atoms with Gasteiger partial charge in [-0.15, -0.1) is 11.6 Å². The normalized spacial score (nSPS) is 12.2. The van der Waals surface area contributed by atoms with E-state index in [0.717, 1.165) is 12.8 Å². The molecule has 2 nitrogen and oxygen atoms in total. The molecule has 88 valence electrons. The molecule has 0 aliphatic heterocycles. The largest absolute Gasteiger partial charge is 0.350 e. The summed E-state index contributed by atoms with van der Waals surface area (Å²) in [4.78, 5) is 11.6. The molecule has 0 aliphatic carbocycles. The van der Waals surface area contributed by atoms with Crippen LogP contribution in [0.1, 0.15) is 30.1 Å². The molecule has 0 aliphatic rings. The van der Waals surface area contributed by atoms with E-state index in [9.17, 15) is 9.18 Å². The molecule has 1 rings (SSSR count). The number of hydrogen-bond acceptors (Lipinski definition) is 1. The molecule has 1 atom stereocenters. The molecule has 16 heavy (non-hydrogen) atoms. The molecule has 0 saturated heterocycles. The average Bonchev–Trinajstić information content (AvgIpc) is 2.27. The third kappa shape index (κ3) is 3.81. The number of benzene rings is 1. The van der Waals surface area contributed by atoms with E-state index in [1.54, 1.807) is 12.1 Å². The smallest absolute Gasteiger partial charge is 0.254 e. The first kappa shape index (κ1) is 13.0. The standard InChI is InChI=1S/C12H15ClFNO/c1-2-5-9(13)8-15-12(16)10-6-3-4-7-11(10)14/h3-4,6-7,9H,2,5,8H2,1H3,(H,15,16). The van der Waals surface area contributed by atoms with Gasteiger partial charge in [0, 0.05) is 6.54 Å². The highest BCUT2D eigenvalue weighted by Crippen LogP contribution is 2.07. The predicted octanol–water partition coefficient (Wildman–Crippen LogP) is 2.96. The summed E-state index contributed by atoms with van der Waals surface area (Å²) in [5.41, 5.74) is 0.0582. The molecule has 0 bridgehead atoms. The van der Waals surface area contributed by atoms with Crippen molar-refractivity contribution in [3.05, 3.63) is 35.6 Å². The molecule has 4 heteroatoms. The lowest BCUT2D eigenvalue weighted by atomic mass is 10.2. The second kappa shape index (κ2) is 6.48. The molecule has 0 saturated carbocycles. The Morgan fingerprint density at radius 1 is 1.50 bits per heavy atom. The minimum Gasteiger partial charge on any atom is -0.350 e. The van der Waals surface area contributed by atoms with Gasteiger partial charge in [-0.25, -0.2) is 4.39 Å². The predicted molar refractivity (Wildman–Crippen MR) is 63.3 cm³/mol. The summed E-state index contributed by atoms with van der Waals surface area (Å²) < 4.78 is 13.2. The fourth-order valence-electron chi connectivity index (χ4n) is 1.36. The van der Waals surface area contributed by atoms with Crippen molar-refractivity contribution in [1.82, 2.24) is 5.32 Å². The summed E-state index contributed by atoms with van der Waals surface area (Å²) in [5.74, 6) is -0.929. The van der Waals surface area contributed by atoms with Crippen LogP contribution in [0.3, 0.4) is 0 Å². The molecule has 1 unspecified atom stereocenters. The Kier molecular flexibility index (Phi) is 5.26. The van der Waals surface area contributed by atoms with Gasteiger partial charge in [-0.05, 0) is 18.6 Å². The van der Waals surface area contributed by atoms with Crippen molar-refractivity contribution in [3.63, 3.8) is 0 Å². The Labute approximate surface area is 99.8 Å². The van der Waals surface area contributed by atoms with E-state index in [1.165, 1.54) is 12.1 Å². The number of nitrogens with one attached hydrogen (secondary N) is 1. The monoisotopic (exact) mass is 243 g/mol. The third-order valence-corrected chi connectivity index (χ3v) is 2.58. The van der Waals surface area contributed by atoms with Crippen LogP contribution in [0.15, 0.2) is 24.3 Å². The molecule has 0 heterocycles. The first-order valence-electron chi connectivity index (χ1n) is 5.32. The molecule has 0 aromatic heterocycles. The van der Waals surface area contributed by atoms with Crippen LogP contribution in [0.25, 0.3) is 0 Å². The fourth-order valence-corrected chi connectivity index (χ4v) is 1.65. The number of amides is 1. The van der Waals surface area contributed by atoms with Crippen molar-refractivity contribution in [1.29, 1.82) is 0 Å². The fraction of sp³-hybridized carbons (Fsp3) is 0.417. The summed E-state index contributed by atoms with van der Waals surface area (Å²) in [6.07, 6.45) is 1.79. The van der Waals surface area contributed by atoms with Gasteiger partial charge in [0.15, 0.2) is 0 Å². The number of rotatable bonds is 5. The molecular weight excluding hydrogens is 229 g/mol. The van der Waals surface area contributed by atoms with Gasteiger partial charge in [-0.2, -0.15) is 0 Å². The summed E-state index contributed by atoms with van der Waals surface area (Å²) in [6, 6.07) is 5.89. The molecule has 0 fully saturated rings. The highest BCUT2D eigenvalue weighted by atomic mass is 35.5. The third-order valence-electron chi connectivity index (χ3n) is 2.20. The van der Waals surface area contributed by atoms with Crippen molar-refractivity contribution in [2.24, 2.45) is 0 Å². The zero-order chi connectivity index (χ0) is 12.0. The van der Waals surface area contributed by atoms with E-state index < -0.39 is 11.7 Å². The number of hydrogen-bond donors (Lipinski definition) is 1. The lowest BCUT2D eigenvalue weighted by Gasteiger charge is -2.09. The van der Waals surface area contributed by atoms with Crippen molar-refractivity contribution in [2.45, 2.75) is 25.1 Å². The van der Waals surface area contributed by atoms with Crippen LogP contribution in [-0.2, 0) is 0 Å². The van der Waals surface area contributed by atoms with E-state index in [1.807, 2.05) is 6.92 Å². The van der Waals surface area contributed by atoms with Gasteiger partial charge in [0.25, 0.3) is 5.91 Å². The molecular formula is C12H15ClFNO. The summed E-state index contributed by atoms with van der Waals surface area (Å²) in [6.45, 7) is 2.39. The van der Waals surface area contributed by atoms with Crippen molar-refractivity contribution < 1.29 is 9.18 Å². The summed E-state index contributed by atoms with van der Waals surface area (Å²) in [5, 5.41) is 2.52. The first-order chi connectivity index (χ1) is 7.65. The average molecular weight is 244 g/mol. The lowest BCUT2D eigenvalue weighted by Crippen LogP contribution is -2.30. The van der Waals surface area contributed by atoms with Gasteiger partial charge in [-0.3, -0.25) is 4.79 Å². The van der Waals surface area contributed by atoms with Crippen LogP contribution in [0.2, 0.25) is 0 Å². The Bertz CT molecular complexity index is 357. The maximum atomic E-state index is 13.2. The highest BCUT2D eigenvalue weighted by molar-refractivity contribution is 6.20. The van der Waals surface area contributed by atoms with Crippen LogP contribution in [0, 0.1) is 5.82 Å². The number of alkyl halides is 1. The SMILES string of the molecule is CCCC(Cl)CNC(=O)c1ccccc1F. The Hall–Kier alpha value is -1.09. The maximum absolute atomic E-state index is 13.2. The second-order valence-electron chi connectivity index (χ2n) is 3.58. The van der Waals surface area contributed by atoms with E-state index in [2.05, 4.69) is 5.32 Å². The van der Waals surface area contributed by atoms with Crippen molar-refractivity contribution in [2.75, 3.05) is 6.54 Å². The Morgan fingerprint density at radius 2 is 2.19 bits per heavy atom. The molecule has 1 amide bonds. The van der Waals surface area contributed by atoms with Crippen LogP contribution in [0.4, 0.5) is 4.39 Å². The van der Waals surface area contributed by atoms with Crippen LogP contribution >= 0.6 is 11.6 Å². The van der Waals surface area contributed by atoms with Gasteiger partial charge in [0.2, 0.25) is 0 Å². The molecule has 0 spiro atoms. The molecule has 1 aromatic carbocycles. The molecule has 1 aromatic rings. The van der Waals surface area contributed by atoms with Gasteiger partial charge < -0.3 is 5.32 Å². The summed E-state index contributed by atoms with van der Waals surface area (Å²) >= 11 is 5.94. The molecule has 1 N–H and O–H groups in total. The first-order valence-corrected chi connectivity index (χ1v) is 5.75. The topological polar surface area (TPSA) is 29.1 Å². The van der Waals surface area contributed by atoms with Gasteiger partial charge in [0.05, 0.1) is 10.9 Å². The number of halogens is 2. The van der Waals surface area contributed by atoms with Gasteiger partial charge >= 0.3 is 0 Å². The quantitative estimate of drug-likeness (QED) is 0.792. The Morgan fingerprint density at radius 3 is 2.81 bits per heavy atom. The Balaban J connectivity index is 2.50. The van der Waals surface area contributed by atoms with E-state index in [4.69, 9.17) is 11.6 Å². The van der Waals surface area contributed by atoms with Crippen LogP contribution in [-0.4, -0.2) is 17.8 Å². The number of carbonyl (C=O) groups is 1. The molecule has 0 radical (unpaired) electrons. The maximum Gasteiger partial charge on any atom is 0.254 e. The van der Waals surface area contributed by atoms with E-state index in [0.29, 0.717) is 6.54 Å². The van der Waals surface area contributed by atoms with Crippen LogP contribution < -0.4 is 5.32 Å². The lowest BCUT2D eigenvalue weighted by molar-refractivity contribution is 0.0949. The van der Waals surface area contributed by atoms with Gasteiger partial charge in [0.1, 0.15) is 5.82 Å². The van der Waals surface area contributed by atoms with Crippen molar-refractivity contribution >= 4 is 17.5 Å². The van der Waals surface area contributed by atoms with Crippen molar-refractivity contribution in [3.8, 4) is 0 Å². The summed E-state index contributed by atoms with van der Waals surface area (Å²) in [7, 11) is 0.